The maximum Gasteiger partial charge on any atom is 0.239 e. The van der Waals surface area contributed by atoms with E-state index in [1.165, 1.54) is 47.3 Å². The minimum absolute atomic E-state index is 0.112. The topological polar surface area (TPSA) is 43.9 Å². The van der Waals surface area contributed by atoms with Crippen LogP contribution in [0.1, 0.15) is 79.5 Å². The number of hydrogen-bond donors (Lipinski definition) is 0. The molecule has 1 aliphatic carbocycles. The zero-order chi connectivity index (χ0) is 25.1. The Bertz CT molecular complexity index is 1060. The van der Waals surface area contributed by atoms with Crippen molar-refractivity contribution in [1.29, 1.82) is 0 Å². The van der Waals surface area contributed by atoms with Gasteiger partial charge in [-0.25, -0.2) is 0 Å². The molecule has 2 amide bonds. The van der Waals surface area contributed by atoms with Crippen LogP contribution in [-0.4, -0.2) is 65.3 Å². The molecule has 6 heteroatoms. The van der Waals surface area contributed by atoms with Crippen LogP contribution in [0.5, 0.6) is 0 Å². The minimum Gasteiger partial charge on any atom is -0.341 e. The molecule has 36 heavy (non-hydrogen) atoms. The monoisotopic (exact) mass is 507 g/mol. The van der Waals surface area contributed by atoms with Gasteiger partial charge in [-0.15, -0.1) is 11.3 Å². The number of carbonyl (C=O) groups is 2. The molecular formula is C30H41N3O2S. The van der Waals surface area contributed by atoms with E-state index in [-0.39, 0.29) is 23.9 Å². The number of thiophene rings is 1. The summed E-state index contributed by atoms with van der Waals surface area (Å²) in [5, 5.41) is 2.19. The van der Waals surface area contributed by atoms with Crippen molar-refractivity contribution in [3.63, 3.8) is 0 Å². The number of aryl methyl sites for hydroxylation is 1. The zero-order valence-corrected chi connectivity index (χ0v) is 22.8. The third kappa shape index (κ3) is 5.40. The summed E-state index contributed by atoms with van der Waals surface area (Å²) in [7, 11) is 0. The van der Waals surface area contributed by atoms with Crippen molar-refractivity contribution < 1.29 is 9.59 Å². The van der Waals surface area contributed by atoms with Crippen molar-refractivity contribution in [2.45, 2.75) is 77.3 Å². The molecule has 3 heterocycles. The highest BCUT2D eigenvalue weighted by molar-refractivity contribution is 7.10. The van der Waals surface area contributed by atoms with Gasteiger partial charge in [0.2, 0.25) is 11.8 Å². The lowest BCUT2D eigenvalue weighted by Crippen LogP contribution is -2.51. The lowest BCUT2D eigenvalue weighted by Gasteiger charge is -2.41. The molecular weight excluding hydrogens is 466 g/mol. The molecule has 5 rings (SSSR count). The van der Waals surface area contributed by atoms with Crippen molar-refractivity contribution in [1.82, 2.24) is 14.7 Å². The van der Waals surface area contributed by atoms with Crippen molar-refractivity contribution in [2.24, 2.45) is 5.92 Å². The summed E-state index contributed by atoms with van der Waals surface area (Å²) in [6.07, 6.45) is 8.81. The number of benzene rings is 1. The Morgan fingerprint density at radius 1 is 0.944 bits per heavy atom. The molecule has 0 spiro atoms. The fraction of sp³-hybridized carbons (Fsp3) is 0.600. The fourth-order valence-electron chi connectivity index (χ4n) is 6.57. The Kier molecular flexibility index (Phi) is 8.12. The summed E-state index contributed by atoms with van der Waals surface area (Å²) in [5.41, 5.74) is 3.93. The molecule has 1 saturated carbocycles. The second kappa shape index (κ2) is 11.5. The summed E-state index contributed by atoms with van der Waals surface area (Å²) >= 11 is 1.84. The maximum absolute atomic E-state index is 13.8. The van der Waals surface area contributed by atoms with Crippen molar-refractivity contribution in [2.75, 3.05) is 32.7 Å². The molecule has 5 nitrogen and oxygen atoms in total. The van der Waals surface area contributed by atoms with Crippen LogP contribution < -0.4 is 0 Å². The molecule has 2 aliphatic heterocycles. The highest BCUT2D eigenvalue weighted by Crippen LogP contribution is 2.40. The SMILES string of the molecule is Cc1ccccc1C1c2ccsc2CCN1C(C)C(=O)N1CCCN(C(=O)CCC2CCCC2)CC1. The number of carbonyl (C=O) groups excluding carboxylic acids is 2. The van der Waals surface area contributed by atoms with Gasteiger partial charge in [0, 0.05) is 44.0 Å². The van der Waals surface area contributed by atoms with Gasteiger partial charge in [0.15, 0.2) is 0 Å². The smallest absolute Gasteiger partial charge is 0.239 e. The van der Waals surface area contributed by atoms with E-state index >= 15 is 0 Å². The summed E-state index contributed by atoms with van der Waals surface area (Å²) in [6, 6.07) is 10.8. The molecule has 0 N–H and O–H groups in total. The maximum atomic E-state index is 13.8. The van der Waals surface area contributed by atoms with E-state index in [0.29, 0.717) is 19.5 Å². The molecule has 1 saturated heterocycles. The van der Waals surface area contributed by atoms with Crippen LogP contribution in [-0.2, 0) is 16.0 Å². The summed E-state index contributed by atoms with van der Waals surface area (Å²) in [6.45, 7) is 7.97. The third-order valence-electron chi connectivity index (χ3n) is 8.74. The standard InChI is InChI=1S/C30H41N3O2S/c1-22-8-3-6-11-25(22)29-26-15-21-36-27(26)14-18-33(29)23(2)30(35)32-17-7-16-31(19-20-32)28(34)13-12-24-9-4-5-10-24/h3,6,8,11,15,21,23-24,29H,4-5,7,9-10,12-14,16-20H2,1-2H3. The Labute approximate surface area is 220 Å². The molecule has 2 fully saturated rings. The number of hydrogen-bond acceptors (Lipinski definition) is 4. The Morgan fingerprint density at radius 3 is 2.50 bits per heavy atom. The van der Waals surface area contributed by atoms with Gasteiger partial charge in [0.1, 0.15) is 0 Å². The average Bonchev–Trinajstić information content (AvgIpc) is 3.53. The Balaban J connectivity index is 1.25. The second-order valence-corrected chi connectivity index (χ2v) is 12.0. The van der Waals surface area contributed by atoms with Crippen molar-refractivity contribution in [3.8, 4) is 0 Å². The van der Waals surface area contributed by atoms with Crippen LogP contribution in [0.4, 0.5) is 0 Å². The van der Waals surface area contributed by atoms with Gasteiger partial charge in [-0.2, -0.15) is 0 Å². The van der Waals surface area contributed by atoms with Crippen molar-refractivity contribution >= 4 is 23.2 Å². The summed E-state index contributed by atoms with van der Waals surface area (Å²) in [5.74, 6) is 1.23. The van der Waals surface area contributed by atoms with Gasteiger partial charge in [-0.05, 0) is 67.2 Å². The number of nitrogens with zero attached hydrogens (tertiary/aromatic N) is 3. The lowest BCUT2D eigenvalue weighted by molar-refractivity contribution is -0.138. The van der Waals surface area contributed by atoms with Crippen LogP contribution in [0.25, 0.3) is 0 Å². The van der Waals surface area contributed by atoms with Gasteiger partial charge in [-0.3, -0.25) is 14.5 Å². The first-order valence-corrected chi connectivity index (χ1v) is 14.8. The van der Waals surface area contributed by atoms with E-state index in [9.17, 15) is 9.59 Å². The highest BCUT2D eigenvalue weighted by atomic mass is 32.1. The largest absolute Gasteiger partial charge is 0.341 e. The van der Waals surface area contributed by atoms with Crippen LogP contribution in [0.15, 0.2) is 35.7 Å². The van der Waals surface area contributed by atoms with Crippen LogP contribution in [0.2, 0.25) is 0 Å². The van der Waals surface area contributed by atoms with Crippen LogP contribution >= 0.6 is 11.3 Å². The van der Waals surface area contributed by atoms with Crippen molar-refractivity contribution in [3.05, 3.63) is 57.3 Å². The second-order valence-electron chi connectivity index (χ2n) is 11.0. The summed E-state index contributed by atoms with van der Waals surface area (Å²) in [4.78, 5) is 34.6. The minimum atomic E-state index is -0.202. The molecule has 0 radical (unpaired) electrons. The normalized spacial score (nSPS) is 22.3. The molecule has 194 valence electrons. The molecule has 2 unspecified atom stereocenters. The molecule has 0 bridgehead atoms. The number of rotatable bonds is 6. The van der Waals surface area contributed by atoms with E-state index in [1.807, 2.05) is 21.1 Å². The predicted molar refractivity (Wildman–Crippen MR) is 146 cm³/mol. The first-order valence-electron chi connectivity index (χ1n) is 14.0. The highest BCUT2D eigenvalue weighted by Gasteiger charge is 2.37. The summed E-state index contributed by atoms with van der Waals surface area (Å²) < 4.78 is 0. The Morgan fingerprint density at radius 2 is 1.69 bits per heavy atom. The van der Waals surface area contributed by atoms with Gasteiger partial charge in [-0.1, -0.05) is 49.9 Å². The lowest BCUT2D eigenvalue weighted by atomic mass is 9.89. The average molecular weight is 508 g/mol. The van der Waals surface area contributed by atoms with E-state index in [1.54, 1.807) is 0 Å². The first kappa shape index (κ1) is 25.5. The fourth-order valence-corrected chi connectivity index (χ4v) is 7.47. The molecule has 1 aromatic heterocycles. The van der Waals surface area contributed by atoms with Gasteiger partial charge in [0.25, 0.3) is 0 Å². The zero-order valence-electron chi connectivity index (χ0n) is 22.0. The van der Waals surface area contributed by atoms with Gasteiger partial charge in [0.05, 0.1) is 12.1 Å². The molecule has 1 aromatic carbocycles. The van der Waals surface area contributed by atoms with Crippen LogP contribution in [0, 0.1) is 12.8 Å². The molecule has 2 aromatic rings. The molecule has 3 aliphatic rings. The van der Waals surface area contributed by atoms with Gasteiger partial charge < -0.3 is 9.80 Å². The van der Waals surface area contributed by atoms with E-state index < -0.39 is 0 Å². The van der Waals surface area contributed by atoms with E-state index in [4.69, 9.17) is 0 Å². The third-order valence-corrected chi connectivity index (χ3v) is 9.74. The van der Waals surface area contributed by atoms with Gasteiger partial charge >= 0.3 is 0 Å². The van der Waals surface area contributed by atoms with E-state index in [0.717, 1.165) is 44.8 Å². The van der Waals surface area contributed by atoms with E-state index in [2.05, 4.69) is 54.5 Å². The quantitative estimate of drug-likeness (QED) is 0.524. The number of fused-ring (bicyclic) bond motifs is 1. The van der Waals surface area contributed by atoms with Crippen LogP contribution in [0.3, 0.4) is 0 Å². The molecule has 2 atom stereocenters. The number of amides is 2. The predicted octanol–water partition coefficient (Wildman–Crippen LogP) is 5.42. The Hall–Kier alpha value is -2.18. The first-order chi connectivity index (χ1) is 17.5.